The molecule has 2 N–H and O–H groups in total. The number of aromatic nitrogens is 1. The molecule has 188 valence electrons. The monoisotopic (exact) mass is 524 g/mol. The fraction of sp³-hybridized carbons (Fsp3) is 0.370. The lowest BCUT2D eigenvalue weighted by atomic mass is 10.0. The molecular formula is C27H29ClN4O3S. The summed E-state index contributed by atoms with van der Waals surface area (Å²) in [7, 11) is 1.86. The van der Waals surface area contributed by atoms with Gasteiger partial charge in [-0.15, -0.1) is 11.3 Å². The number of carbonyl (C=O) groups is 1. The van der Waals surface area contributed by atoms with Crippen molar-refractivity contribution in [3.63, 3.8) is 0 Å². The number of halogens is 1. The van der Waals surface area contributed by atoms with Crippen molar-refractivity contribution in [2.24, 2.45) is 12.0 Å². The van der Waals surface area contributed by atoms with Crippen molar-refractivity contribution in [1.82, 2.24) is 14.8 Å². The second kappa shape index (κ2) is 10.7. The van der Waals surface area contributed by atoms with Gasteiger partial charge in [0.05, 0.1) is 11.1 Å². The van der Waals surface area contributed by atoms with Crippen LogP contribution in [-0.4, -0.2) is 45.4 Å². The number of pyridine rings is 1. The Morgan fingerprint density at radius 1 is 1.31 bits per heavy atom. The van der Waals surface area contributed by atoms with E-state index >= 15 is 0 Å². The molecule has 0 radical (unpaired) electrons. The maximum absolute atomic E-state index is 13.2. The van der Waals surface area contributed by atoms with Crippen LogP contribution in [0, 0.1) is 0 Å². The predicted octanol–water partition coefficient (Wildman–Crippen LogP) is 4.26. The van der Waals surface area contributed by atoms with E-state index in [-0.39, 0.29) is 17.0 Å². The van der Waals surface area contributed by atoms with E-state index in [0.29, 0.717) is 23.5 Å². The lowest BCUT2D eigenvalue weighted by Gasteiger charge is -2.29. The number of hydrogen-bond acceptors (Lipinski definition) is 6. The molecule has 1 amide bonds. The maximum Gasteiger partial charge on any atom is 0.257 e. The van der Waals surface area contributed by atoms with E-state index in [4.69, 9.17) is 11.6 Å². The third-order valence-corrected chi connectivity index (χ3v) is 8.30. The number of thiophene rings is 1. The van der Waals surface area contributed by atoms with Crippen LogP contribution in [0.2, 0.25) is 5.02 Å². The number of fused-ring (bicyclic) bond motifs is 1. The Hall–Kier alpha value is -2.78. The van der Waals surface area contributed by atoms with E-state index in [2.05, 4.69) is 15.2 Å². The van der Waals surface area contributed by atoms with Gasteiger partial charge < -0.3 is 15.0 Å². The molecule has 1 fully saturated rings. The van der Waals surface area contributed by atoms with Gasteiger partial charge in [-0.1, -0.05) is 29.8 Å². The highest BCUT2D eigenvalue weighted by atomic mass is 35.5. The van der Waals surface area contributed by atoms with Crippen LogP contribution in [0.25, 0.3) is 10.2 Å². The molecule has 4 heterocycles. The molecule has 1 aromatic carbocycles. The number of hydrogen-bond donors (Lipinski definition) is 2. The number of aliphatic hydroxyl groups excluding tert-OH is 1. The number of carbonyl (C=O) groups excluding carboxylic acids is 1. The van der Waals surface area contributed by atoms with Gasteiger partial charge in [0.25, 0.3) is 5.91 Å². The minimum Gasteiger partial charge on any atom is -0.385 e. The molecule has 0 unspecified atom stereocenters. The van der Waals surface area contributed by atoms with E-state index in [1.54, 1.807) is 29.7 Å². The molecule has 0 bridgehead atoms. The number of rotatable bonds is 7. The van der Waals surface area contributed by atoms with Gasteiger partial charge in [0, 0.05) is 48.5 Å². The summed E-state index contributed by atoms with van der Waals surface area (Å²) in [5, 5.41) is 15.0. The van der Waals surface area contributed by atoms with E-state index in [9.17, 15) is 14.7 Å². The maximum atomic E-state index is 13.2. The van der Waals surface area contributed by atoms with Gasteiger partial charge in [-0.05, 0) is 56.0 Å². The molecule has 2 aliphatic heterocycles. The van der Waals surface area contributed by atoms with Gasteiger partial charge in [0.15, 0.2) is 0 Å². The van der Waals surface area contributed by atoms with E-state index in [1.807, 2.05) is 42.1 Å². The first kappa shape index (κ1) is 24.9. The van der Waals surface area contributed by atoms with Crippen LogP contribution in [0.4, 0.5) is 0 Å². The van der Waals surface area contributed by atoms with Crippen LogP contribution in [0.1, 0.15) is 46.5 Å². The number of allylic oxidation sites excluding steroid dienone is 1. The molecule has 0 spiro atoms. The van der Waals surface area contributed by atoms with E-state index in [0.717, 1.165) is 53.2 Å². The summed E-state index contributed by atoms with van der Waals surface area (Å²) < 4.78 is 1.85. The smallest absolute Gasteiger partial charge is 0.257 e. The molecule has 0 aliphatic carbocycles. The zero-order chi connectivity index (χ0) is 25.2. The zero-order valence-corrected chi connectivity index (χ0v) is 21.7. The van der Waals surface area contributed by atoms with Crippen LogP contribution in [0.3, 0.4) is 0 Å². The van der Waals surface area contributed by atoms with Crippen molar-refractivity contribution in [3.05, 3.63) is 79.6 Å². The molecule has 1 saturated heterocycles. The lowest BCUT2D eigenvalue weighted by Crippen LogP contribution is -2.39. The fourth-order valence-corrected chi connectivity index (χ4v) is 6.20. The van der Waals surface area contributed by atoms with Crippen molar-refractivity contribution in [1.29, 1.82) is 0 Å². The summed E-state index contributed by atoms with van der Waals surface area (Å²) in [6.07, 6.45) is 8.67. The second-order valence-corrected chi connectivity index (χ2v) is 10.9. The number of nitrogens with one attached hydrogen (secondary N) is 1. The summed E-state index contributed by atoms with van der Waals surface area (Å²) in [4.78, 5) is 34.7. The number of aliphatic imine (C=N–C) groups is 1. The molecule has 2 aliphatic rings. The van der Waals surface area contributed by atoms with Crippen molar-refractivity contribution < 1.29 is 9.90 Å². The predicted molar refractivity (Wildman–Crippen MR) is 145 cm³/mol. The standard InChI is InChI=1S/C27H29ClN4O3S/c1-31-16-21(26(35)30-14-17-7-9-18(28)10-8-17)24(33)20-13-19(36-27(20)31)15-32-12-4-6-23(32)25(34)22-5-2-3-11-29-22/h5,7-11,13,16,23,25,34H,2-4,6,12,14-15H2,1H3,(H,30,35)/t23-,25+/m1/s1. The van der Waals surface area contributed by atoms with E-state index in [1.165, 1.54) is 0 Å². The van der Waals surface area contributed by atoms with E-state index < -0.39 is 12.0 Å². The number of aliphatic hydroxyl groups is 1. The Balaban J connectivity index is 1.33. The minimum absolute atomic E-state index is 0.00592. The molecule has 7 nitrogen and oxygen atoms in total. The van der Waals surface area contributed by atoms with Crippen molar-refractivity contribution >= 4 is 45.3 Å². The molecule has 2 atom stereocenters. The molecule has 2 aromatic heterocycles. The molecule has 9 heteroatoms. The van der Waals surface area contributed by atoms with Crippen LogP contribution >= 0.6 is 22.9 Å². The molecule has 5 rings (SSSR count). The Bertz CT molecular complexity index is 1390. The number of amides is 1. The Labute approximate surface area is 218 Å². The molecule has 3 aromatic rings. The van der Waals surface area contributed by atoms with Crippen LogP contribution in [0.15, 0.2) is 58.1 Å². The van der Waals surface area contributed by atoms with Gasteiger partial charge in [0.2, 0.25) is 5.43 Å². The fourth-order valence-electron chi connectivity index (χ4n) is 4.96. The largest absolute Gasteiger partial charge is 0.385 e. The third-order valence-electron chi connectivity index (χ3n) is 6.84. The average molecular weight is 525 g/mol. The minimum atomic E-state index is -0.611. The normalized spacial score (nSPS) is 19.0. The molecule has 36 heavy (non-hydrogen) atoms. The first-order valence-electron chi connectivity index (χ1n) is 12.2. The Kier molecular flexibility index (Phi) is 7.39. The Morgan fingerprint density at radius 3 is 2.86 bits per heavy atom. The van der Waals surface area contributed by atoms with Gasteiger partial charge in [0.1, 0.15) is 16.5 Å². The van der Waals surface area contributed by atoms with Crippen LogP contribution in [0.5, 0.6) is 0 Å². The van der Waals surface area contributed by atoms with Gasteiger partial charge in [-0.25, -0.2) is 0 Å². The highest BCUT2D eigenvalue weighted by Crippen LogP contribution is 2.30. The van der Waals surface area contributed by atoms with Gasteiger partial charge >= 0.3 is 0 Å². The zero-order valence-electron chi connectivity index (χ0n) is 20.1. The molecule has 0 saturated carbocycles. The number of nitrogens with zero attached hydrogens (tertiary/aromatic N) is 3. The van der Waals surface area contributed by atoms with Crippen LogP contribution < -0.4 is 10.7 Å². The van der Waals surface area contributed by atoms with Crippen molar-refractivity contribution in [2.45, 2.75) is 50.9 Å². The van der Waals surface area contributed by atoms with Crippen LogP contribution in [-0.2, 0) is 20.1 Å². The third kappa shape index (κ3) is 5.18. The molecular weight excluding hydrogens is 496 g/mol. The number of likely N-dealkylation sites (tertiary alicyclic amines) is 1. The Morgan fingerprint density at radius 2 is 2.11 bits per heavy atom. The van der Waals surface area contributed by atoms with Gasteiger partial charge in [-0.2, -0.15) is 0 Å². The summed E-state index contributed by atoms with van der Waals surface area (Å²) in [6.45, 7) is 1.85. The summed E-state index contributed by atoms with van der Waals surface area (Å²) in [5.74, 6) is -0.399. The summed E-state index contributed by atoms with van der Waals surface area (Å²) >= 11 is 7.48. The summed E-state index contributed by atoms with van der Waals surface area (Å²) in [5.41, 5.74) is 1.52. The summed E-state index contributed by atoms with van der Waals surface area (Å²) in [6, 6.07) is 9.13. The van der Waals surface area contributed by atoms with Crippen molar-refractivity contribution in [3.8, 4) is 0 Å². The lowest BCUT2D eigenvalue weighted by molar-refractivity contribution is 0.0937. The first-order chi connectivity index (χ1) is 17.4. The van der Waals surface area contributed by atoms with Gasteiger partial charge in [-0.3, -0.25) is 19.5 Å². The SMILES string of the molecule is Cn1cc(C(=O)NCc2ccc(Cl)cc2)c(=O)c2cc(CN3CCC[C@@H]3[C@@H](O)C3=CCCC=N3)sc21. The average Bonchev–Trinajstić information content (AvgIpc) is 3.54. The highest BCUT2D eigenvalue weighted by molar-refractivity contribution is 7.18. The second-order valence-electron chi connectivity index (χ2n) is 9.37. The quantitative estimate of drug-likeness (QED) is 0.483. The van der Waals surface area contributed by atoms with Crippen molar-refractivity contribution in [2.75, 3.05) is 6.54 Å². The highest BCUT2D eigenvalue weighted by Gasteiger charge is 2.33. The number of benzene rings is 1. The topological polar surface area (TPSA) is 86.9 Å². The first-order valence-corrected chi connectivity index (χ1v) is 13.4. The number of aryl methyl sites for hydroxylation is 1.